The van der Waals surface area contributed by atoms with E-state index in [4.69, 9.17) is 15.2 Å². The summed E-state index contributed by atoms with van der Waals surface area (Å²) >= 11 is 5.00. The fourth-order valence-corrected chi connectivity index (χ4v) is 4.39. The molecule has 0 aliphatic carbocycles. The molecule has 0 spiro atoms. The van der Waals surface area contributed by atoms with E-state index in [9.17, 15) is 0 Å². The zero-order valence-electron chi connectivity index (χ0n) is 16.2. The standard InChI is InChI=1S/C21H15BrN6O2S/c1-29-11-4-6-14-16(9-11)31-21(27-14)28-19-17(23)20(26-10-25-19)30-15-7-5-13(22)12-3-2-8-24-18(12)15/h2-10H,23H2,1H3,(H,25,26,27,28). The second kappa shape index (κ2) is 7.97. The molecule has 154 valence electrons. The minimum atomic E-state index is 0.231. The van der Waals surface area contributed by atoms with Crippen molar-refractivity contribution in [3.05, 3.63) is 59.5 Å². The second-order valence-corrected chi connectivity index (χ2v) is 8.35. The molecule has 0 saturated carbocycles. The first kappa shape index (κ1) is 19.5. The predicted molar refractivity (Wildman–Crippen MR) is 125 cm³/mol. The molecule has 0 fully saturated rings. The Kier molecular flexibility index (Phi) is 5.00. The fraction of sp³-hybridized carbons (Fsp3) is 0.0476. The van der Waals surface area contributed by atoms with Crippen molar-refractivity contribution in [1.29, 1.82) is 0 Å². The molecule has 2 aromatic carbocycles. The van der Waals surface area contributed by atoms with Gasteiger partial charge in [-0.05, 0) is 36.4 Å². The number of fused-ring (bicyclic) bond motifs is 2. The van der Waals surface area contributed by atoms with Crippen molar-refractivity contribution < 1.29 is 9.47 Å². The van der Waals surface area contributed by atoms with Gasteiger partial charge in [0.2, 0.25) is 5.88 Å². The van der Waals surface area contributed by atoms with E-state index in [1.54, 1.807) is 13.3 Å². The van der Waals surface area contributed by atoms with E-state index in [1.165, 1.54) is 17.7 Å². The van der Waals surface area contributed by atoms with Crippen LogP contribution in [0.15, 0.2) is 59.5 Å². The number of ether oxygens (including phenoxy) is 2. The van der Waals surface area contributed by atoms with E-state index in [2.05, 4.69) is 41.2 Å². The Hall–Kier alpha value is -3.50. The van der Waals surface area contributed by atoms with Gasteiger partial charge in [0, 0.05) is 16.1 Å². The lowest BCUT2D eigenvalue weighted by atomic mass is 10.2. The van der Waals surface area contributed by atoms with Crippen LogP contribution in [0.3, 0.4) is 0 Å². The van der Waals surface area contributed by atoms with Crippen LogP contribution in [0.25, 0.3) is 21.1 Å². The maximum atomic E-state index is 6.31. The summed E-state index contributed by atoms with van der Waals surface area (Å²) in [7, 11) is 1.63. The molecule has 3 aromatic heterocycles. The summed E-state index contributed by atoms with van der Waals surface area (Å²) in [4.78, 5) is 17.4. The molecule has 5 aromatic rings. The minimum Gasteiger partial charge on any atom is -0.497 e. The smallest absolute Gasteiger partial charge is 0.248 e. The molecule has 0 saturated heterocycles. The average Bonchev–Trinajstić information content (AvgIpc) is 3.20. The largest absolute Gasteiger partial charge is 0.497 e. The van der Waals surface area contributed by atoms with Crippen molar-refractivity contribution in [2.75, 3.05) is 18.2 Å². The van der Waals surface area contributed by atoms with Crippen LogP contribution < -0.4 is 20.5 Å². The molecule has 31 heavy (non-hydrogen) atoms. The second-order valence-electron chi connectivity index (χ2n) is 6.47. The van der Waals surface area contributed by atoms with Crippen LogP contribution >= 0.6 is 27.3 Å². The van der Waals surface area contributed by atoms with Gasteiger partial charge in [-0.2, -0.15) is 4.98 Å². The summed E-state index contributed by atoms with van der Waals surface area (Å²) in [5, 5.41) is 4.73. The number of pyridine rings is 1. The van der Waals surface area contributed by atoms with E-state index >= 15 is 0 Å². The van der Waals surface area contributed by atoms with Gasteiger partial charge in [-0.3, -0.25) is 4.98 Å². The highest BCUT2D eigenvalue weighted by atomic mass is 79.9. The Labute approximate surface area is 189 Å². The fourth-order valence-electron chi connectivity index (χ4n) is 3.05. The number of methoxy groups -OCH3 is 1. The number of hydrogen-bond acceptors (Lipinski definition) is 9. The predicted octanol–water partition coefficient (Wildman–Crippen LogP) is 5.52. The van der Waals surface area contributed by atoms with E-state index in [0.29, 0.717) is 22.2 Å². The van der Waals surface area contributed by atoms with Crippen molar-refractivity contribution in [1.82, 2.24) is 19.9 Å². The zero-order valence-corrected chi connectivity index (χ0v) is 18.6. The van der Waals surface area contributed by atoms with E-state index in [0.717, 1.165) is 25.8 Å². The molecule has 8 nitrogen and oxygen atoms in total. The molecule has 10 heteroatoms. The van der Waals surface area contributed by atoms with Gasteiger partial charge in [0.25, 0.3) is 0 Å². The lowest BCUT2D eigenvalue weighted by Crippen LogP contribution is -2.03. The van der Waals surface area contributed by atoms with Crippen LogP contribution in [0.2, 0.25) is 0 Å². The van der Waals surface area contributed by atoms with Gasteiger partial charge in [-0.1, -0.05) is 33.3 Å². The van der Waals surface area contributed by atoms with Crippen LogP contribution in [0.1, 0.15) is 0 Å². The minimum absolute atomic E-state index is 0.231. The summed E-state index contributed by atoms with van der Waals surface area (Å²) in [6.07, 6.45) is 3.10. The average molecular weight is 495 g/mol. The number of nitrogens with zero attached hydrogens (tertiary/aromatic N) is 4. The number of benzene rings is 2. The van der Waals surface area contributed by atoms with Crippen LogP contribution in [0.4, 0.5) is 16.6 Å². The number of halogens is 1. The van der Waals surface area contributed by atoms with Crippen LogP contribution in [0.5, 0.6) is 17.4 Å². The zero-order chi connectivity index (χ0) is 21.4. The summed E-state index contributed by atoms with van der Waals surface area (Å²) in [6, 6.07) is 13.2. The topological polar surface area (TPSA) is 108 Å². The normalized spacial score (nSPS) is 11.0. The van der Waals surface area contributed by atoms with Crippen LogP contribution in [-0.4, -0.2) is 27.0 Å². The molecule has 0 atom stereocenters. The molecule has 5 rings (SSSR count). The maximum Gasteiger partial charge on any atom is 0.248 e. The van der Waals surface area contributed by atoms with Crippen molar-refractivity contribution in [2.24, 2.45) is 0 Å². The highest BCUT2D eigenvalue weighted by Crippen LogP contribution is 2.37. The summed E-state index contributed by atoms with van der Waals surface area (Å²) in [5.41, 5.74) is 8.13. The Morgan fingerprint density at radius 2 is 2.00 bits per heavy atom. The van der Waals surface area contributed by atoms with Gasteiger partial charge < -0.3 is 20.5 Å². The number of anilines is 3. The maximum absolute atomic E-state index is 6.31. The SMILES string of the molecule is COc1ccc2nc(Nc3ncnc(Oc4ccc(Br)c5cccnc45)c3N)sc2c1. The molecule has 0 amide bonds. The van der Waals surface area contributed by atoms with Gasteiger partial charge in [0.05, 0.1) is 17.3 Å². The van der Waals surface area contributed by atoms with Gasteiger partial charge in [-0.15, -0.1) is 0 Å². The molecule has 0 radical (unpaired) electrons. The Morgan fingerprint density at radius 3 is 2.87 bits per heavy atom. The van der Waals surface area contributed by atoms with E-state index < -0.39 is 0 Å². The lowest BCUT2D eigenvalue weighted by molar-refractivity contribution is 0.415. The van der Waals surface area contributed by atoms with Crippen molar-refractivity contribution >= 4 is 65.0 Å². The van der Waals surface area contributed by atoms with Crippen molar-refractivity contribution in [2.45, 2.75) is 0 Å². The molecule has 0 aliphatic rings. The molecule has 0 unspecified atom stereocenters. The van der Waals surface area contributed by atoms with Crippen LogP contribution in [0, 0.1) is 0 Å². The third-order valence-electron chi connectivity index (χ3n) is 4.55. The van der Waals surface area contributed by atoms with E-state index in [-0.39, 0.29) is 11.6 Å². The molecule has 3 N–H and O–H groups in total. The van der Waals surface area contributed by atoms with Crippen LogP contribution in [-0.2, 0) is 0 Å². The lowest BCUT2D eigenvalue weighted by Gasteiger charge is -2.12. The monoisotopic (exact) mass is 494 g/mol. The number of nitrogens with two attached hydrogens (primary N) is 1. The number of nitrogens with one attached hydrogen (secondary N) is 1. The number of rotatable bonds is 5. The highest BCUT2D eigenvalue weighted by molar-refractivity contribution is 9.10. The number of nitrogen functional groups attached to an aromatic ring is 1. The number of thiazole rings is 1. The first-order valence-corrected chi connectivity index (χ1v) is 10.8. The molecular weight excluding hydrogens is 480 g/mol. The molecular formula is C21H15BrN6O2S. The first-order valence-electron chi connectivity index (χ1n) is 9.15. The van der Waals surface area contributed by atoms with E-state index in [1.807, 2.05) is 42.5 Å². The highest BCUT2D eigenvalue weighted by Gasteiger charge is 2.15. The first-order chi connectivity index (χ1) is 15.1. The Morgan fingerprint density at radius 1 is 1.10 bits per heavy atom. The number of hydrogen-bond donors (Lipinski definition) is 2. The Bertz CT molecular complexity index is 1420. The summed E-state index contributed by atoms with van der Waals surface area (Å²) in [6.45, 7) is 0. The quantitative estimate of drug-likeness (QED) is 0.328. The molecule has 0 bridgehead atoms. The van der Waals surface area contributed by atoms with Gasteiger partial charge in [0.1, 0.15) is 23.3 Å². The summed E-state index contributed by atoms with van der Waals surface area (Å²) < 4.78 is 13.2. The third kappa shape index (κ3) is 3.71. The van der Waals surface area contributed by atoms with Crippen molar-refractivity contribution in [3.8, 4) is 17.4 Å². The van der Waals surface area contributed by atoms with Gasteiger partial charge in [-0.25, -0.2) is 9.97 Å². The van der Waals surface area contributed by atoms with Crippen molar-refractivity contribution in [3.63, 3.8) is 0 Å². The molecule has 3 heterocycles. The molecule has 0 aliphatic heterocycles. The van der Waals surface area contributed by atoms with Gasteiger partial charge >= 0.3 is 0 Å². The number of aromatic nitrogens is 4. The Balaban J connectivity index is 1.47. The summed E-state index contributed by atoms with van der Waals surface area (Å²) in [5.74, 6) is 1.96. The third-order valence-corrected chi connectivity index (χ3v) is 6.18. The van der Waals surface area contributed by atoms with Gasteiger partial charge in [0.15, 0.2) is 16.7 Å².